The van der Waals surface area contributed by atoms with Crippen molar-refractivity contribution < 1.29 is 22.2 Å². The molecule has 1 N–H and O–H groups in total. The molecular formula is C21H26N4O5S2. The first-order chi connectivity index (χ1) is 15.3. The average molecular weight is 479 g/mol. The summed E-state index contributed by atoms with van der Waals surface area (Å²) < 4.78 is 38.8. The van der Waals surface area contributed by atoms with Gasteiger partial charge in [0, 0.05) is 24.4 Å². The van der Waals surface area contributed by atoms with Gasteiger partial charge in [0.1, 0.15) is 11.5 Å². The molecule has 1 atom stereocenters. The lowest BCUT2D eigenvalue weighted by Gasteiger charge is -2.31. The van der Waals surface area contributed by atoms with Gasteiger partial charge in [0.25, 0.3) is 0 Å². The molecule has 4 rings (SSSR count). The van der Waals surface area contributed by atoms with E-state index in [0.29, 0.717) is 53.0 Å². The second-order valence-electron chi connectivity index (χ2n) is 7.83. The van der Waals surface area contributed by atoms with E-state index < -0.39 is 15.9 Å². The first kappa shape index (κ1) is 22.7. The van der Waals surface area contributed by atoms with E-state index in [2.05, 4.69) is 15.5 Å². The predicted molar refractivity (Wildman–Crippen MR) is 119 cm³/mol. The zero-order valence-corrected chi connectivity index (χ0v) is 19.9. The smallest absolute Gasteiger partial charge is 0.244 e. The normalized spacial score (nSPS) is 17.5. The molecule has 0 aromatic carbocycles. The van der Waals surface area contributed by atoms with Gasteiger partial charge in [-0.2, -0.15) is 9.29 Å². The summed E-state index contributed by atoms with van der Waals surface area (Å²) in [5.41, 5.74) is 0. The van der Waals surface area contributed by atoms with Crippen molar-refractivity contribution in [3.63, 3.8) is 0 Å². The number of nitrogens with zero attached hydrogens (tertiary/aromatic N) is 3. The number of hydrogen-bond donors (Lipinski definition) is 1. The van der Waals surface area contributed by atoms with Crippen molar-refractivity contribution in [3.05, 3.63) is 40.5 Å². The summed E-state index contributed by atoms with van der Waals surface area (Å²) in [7, 11) is -3.75. The minimum absolute atomic E-state index is 0.151. The maximum absolute atomic E-state index is 13.4. The monoisotopic (exact) mass is 478 g/mol. The molecule has 1 aliphatic heterocycles. The summed E-state index contributed by atoms with van der Waals surface area (Å²) in [6.07, 6.45) is 1.88. The van der Waals surface area contributed by atoms with E-state index in [0.717, 1.165) is 5.76 Å². The van der Waals surface area contributed by atoms with Crippen LogP contribution in [0.15, 0.2) is 32.0 Å². The summed E-state index contributed by atoms with van der Waals surface area (Å²) in [5, 5.41) is 6.80. The molecule has 0 radical (unpaired) electrons. The number of furan rings is 1. The van der Waals surface area contributed by atoms with E-state index in [1.165, 1.54) is 15.6 Å². The number of rotatable bonds is 7. The lowest BCUT2D eigenvalue weighted by Crippen LogP contribution is -2.45. The van der Waals surface area contributed by atoms with Crippen LogP contribution in [-0.4, -0.2) is 41.9 Å². The van der Waals surface area contributed by atoms with E-state index in [9.17, 15) is 13.2 Å². The Kier molecular flexibility index (Phi) is 6.50. The molecule has 1 saturated heterocycles. The topological polar surface area (TPSA) is 119 Å². The number of aromatic nitrogens is 2. The van der Waals surface area contributed by atoms with Gasteiger partial charge < -0.3 is 14.3 Å². The summed E-state index contributed by atoms with van der Waals surface area (Å²) in [4.78, 5) is 18.5. The summed E-state index contributed by atoms with van der Waals surface area (Å²) in [6.45, 7) is 6.34. The molecule has 4 heterocycles. The molecule has 1 fully saturated rings. The first-order valence-electron chi connectivity index (χ1n) is 10.5. The van der Waals surface area contributed by atoms with Gasteiger partial charge in [0.05, 0.1) is 22.2 Å². The third-order valence-corrected chi connectivity index (χ3v) is 8.64. The SMILES string of the molecule is CCc1nc(-c2cc(S(=O)(=O)N3CCC[C@H](C(=O)NCc4ccc(C)o4)C3)c(C)s2)no1. The fourth-order valence-electron chi connectivity index (χ4n) is 3.74. The van der Waals surface area contributed by atoms with Crippen molar-refractivity contribution in [2.24, 2.45) is 5.92 Å². The van der Waals surface area contributed by atoms with Gasteiger partial charge in [-0.1, -0.05) is 12.1 Å². The molecule has 0 unspecified atom stereocenters. The number of nitrogens with one attached hydrogen (secondary N) is 1. The second kappa shape index (κ2) is 9.16. The minimum atomic E-state index is -3.75. The van der Waals surface area contributed by atoms with Crippen LogP contribution in [0, 0.1) is 19.8 Å². The largest absolute Gasteiger partial charge is 0.465 e. The number of aryl methyl sites for hydroxylation is 3. The molecule has 0 bridgehead atoms. The van der Waals surface area contributed by atoms with Crippen LogP contribution in [0.25, 0.3) is 10.7 Å². The highest BCUT2D eigenvalue weighted by Gasteiger charge is 2.35. The van der Waals surface area contributed by atoms with Crippen molar-refractivity contribution in [2.45, 2.75) is 51.5 Å². The fraction of sp³-hybridized carbons (Fsp3) is 0.476. The predicted octanol–water partition coefficient (Wildman–Crippen LogP) is 3.29. The van der Waals surface area contributed by atoms with E-state index in [-0.39, 0.29) is 23.9 Å². The molecule has 3 aromatic rings. The van der Waals surface area contributed by atoms with Crippen LogP contribution in [-0.2, 0) is 27.8 Å². The molecule has 172 valence electrons. The van der Waals surface area contributed by atoms with E-state index in [4.69, 9.17) is 8.94 Å². The zero-order chi connectivity index (χ0) is 22.9. The van der Waals surface area contributed by atoms with Crippen molar-refractivity contribution in [3.8, 4) is 10.7 Å². The van der Waals surface area contributed by atoms with Crippen molar-refractivity contribution in [1.29, 1.82) is 0 Å². The number of carbonyl (C=O) groups is 1. The lowest BCUT2D eigenvalue weighted by atomic mass is 9.99. The third kappa shape index (κ3) is 4.64. The Balaban J connectivity index is 1.47. The molecule has 0 spiro atoms. The van der Waals surface area contributed by atoms with Crippen LogP contribution >= 0.6 is 11.3 Å². The van der Waals surface area contributed by atoms with Crippen LogP contribution < -0.4 is 5.32 Å². The highest BCUT2D eigenvalue weighted by molar-refractivity contribution is 7.89. The highest BCUT2D eigenvalue weighted by atomic mass is 32.2. The number of carbonyl (C=O) groups excluding carboxylic acids is 1. The van der Waals surface area contributed by atoms with Crippen LogP contribution in [0.4, 0.5) is 0 Å². The molecule has 9 nitrogen and oxygen atoms in total. The van der Waals surface area contributed by atoms with E-state index in [1.807, 2.05) is 26.0 Å². The van der Waals surface area contributed by atoms with Crippen LogP contribution in [0.5, 0.6) is 0 Å². The number of sulfonamides is 1. The van der Waals surface area contributed by atoms with Gasteiger partial charge in [-0.3, -0.25) is 4.79 Å². The molecule has 0 saturated carbocycles. The molecule has 11 heteroatoms. The molecule has 0 aliphatic carbocycles. The number of amides is 1. The van der Waals surface area contributed by atoms with Crippen LogP contribution in [0.3, 0.4) is 0 Å². The number of thiophene rings is 1. The standard InChI is InChI=1S/C21H26N4O5S2/c1-4-19-23-20(24-30-19)17-10-18(14(3)31-17)32(27,28)25-9-5-6-15(12-25)21(26)22-11-16-8-7-13(2)29-16/h7-8,10,15H,4-6,9,11-12H2,1-3H3,(H,22,26)/t15-/m0/s1. The molecule has 1 amide bonds. The number of hydrogen-bond acceptors (Lipinski definition) is 8. The summed E-state index contributed by atoms with van der Waals surface area (Å²) in [5.74, 6) is 1.77. The summed E-state index contributed by atoms with van der Waals surface area (Å²) in [6, 6.07) is 5.26. The Labute approximate surface area is 190 Å². The van der Waals surface area contributed by atoms with Crippen molar-refractivity contribution in [1.82, 2.24) is 19.8 Å². The van der Waals surface area contributed by atoms with E-state index in [1.54, 1.807) is 13.0 Å². The minimum Gasteiger partial charge on any atom is -0.465 e. The first-order valence-corrected chi connectivity index (χ1v) is 12.8. The Morgan fingerprint density at radius 1 is 1.34 bits per heavy atom. The zero-order valence-electron chi connectivity index (χ0n) is 18.3. The van der Waals surface area contributed by atoms with E-state index >= 15 is 0 Å². The second-order valence-corrected chi connectivity index (χ2v) is 11.0. The van der Waals surface area contributed by atoms with Gasteiger partial charge in [-0.25, -0.2) is 8.42 Å². The lowest BCUT2D eigenvalue weighted by molar-refractivity contribution is -0.126. The van der Waals surface area contributed by atoms with Gasteiger partial charge in [-0.15, -0.1) is 11.3 Å². The van der Waals surface area contributed by atoms with Gasteiger partial charge in [-0.05, 0) is 44.9 Å². The van der Waals surface area contributed by atoms with Gasteiger partial charge >= 0.3 is 0 Å². The summed E-state index contributed by atoms with van der Waals surface area (Å²) >= 11 is 1.32. The maximum atomic E-state index is 13.4. The van der Waals surface area contributed by atoms with Crippen molar-refractivity contribution >= 4 is 27.3 Å². The van der Waals surface area contributed by atoms with Crippen LogP contribution in [0.1, 0.15) is 42.1 Å². The molecular weight excluding hydrogens is 452 g/mol. The fourth-order valence-corrected chi connectivity index (χ4v) is 6.75. The van der Waals surface area contributed by atoms with Gasteiger partial charge in [0.2, 0.25) is 27.6 Å². The Morgan fingerprint density at radius 3 is 2.84 bits per heavy atom. The Bertz CT molecular complexity index is 1210. The Morgan fingerprint density at radius 2 is 2.16 bits per heavy atom. The maximum Gasteiger partial charge on any atom is 0.244 e. The molecule has 3 aromatic heterocycles. The van der Waals surface area contributed by atoms with Crippen molar-refractivity contribution in [2.75, 3.05) is 13.1 Å². The van der Waals surface area contributed by atoms with Gasteiger partial charge in [0.15, 0.2) is 0 Å². The molecule has 1 aliphatic rings. The number of piperidine rings is 1. The third-order valence-electron chi connectivity index (χ3n) is 5.47. The average Bonchev–Trinajstić information content (AvgIpc) is 3.51. The quantitative estimate of drug-likeness (QED) is 0.553. The molecule has 32 heavy (non-hydrogen) atoms. The highest BCUT2D eigenvalue weighted by Crippen LogP contribution is 2.35. The Hall–Kier alpha value is -2.50. The van der Waals surface area contributed by atoms with Crippen LogP contribution in [0.2, 0.25) is 0 Å².